The van der Waals surface area contributed by atoms with Gasteiger partial charge in [-0.2, -0.15) is 0 Å². The number of halogens is 1. The van der Waals surface area contributed by atoms with E-state index in [2.05, 4.69) is 34.3 Å². The molecule has 1 aromatic rings. The number of anilines is 1. The van der Waals surface area contributed by atoms with Gasteiger partial charge in [0.1, 0.15) is 5.82 Å². The molecule has 0 amide bonds. The Labute approximate surface area is 126 Å². The van der Waals surface area contributed by atoms with E-state index in [1.807, 2.05) is 6.07 Å². The molecule has 5 nitrogen and oxygen atoms in total. The Hall–Kier alpha value is -0.880. The van der Waals surface area contributed by atoms with Gasteiger partial charge in [0.25, 0.3) is 0 Å². The van der Waals surface area contributed by atoms with Gasteiger partial charge in [0, 0.05) is 13.1 Å². The van der Waals surface area contributed by atoms with Crippen molar-refractivity contribution < 1.29 is 0 Å². The number of hydrogen-bond acceptors (Lipinski definition) is 5. The Morgan fingerprint density at radius 2 is 2.15 bits per heavy atom. The highest BCUT2D eigenvalue weighted by atomic mass is 35.5. The van der Waals surface area contributed by atoms with Gasteiger partial charge in [0.05, 0.1) is 10.7 Å². The van der Waals surface area contributed by atoms with E-state index in [1.54, 1.807) is 6.07 Å². The first kappa shape index (κ1) is 15.5. The van der Waals surface area contributed by atoms with Crippen molar-refractivity contribution in [3.8, 4) is 0 Å². The average Bonchev–Trinajstić information content (AvgIpc) is 2.44. The fourth-order valence-electron chi connectivity index (χ4n) is 2.68. The first-order valence-electron chi connectivity index (χ1n) is 7.07. The summed E-state index contributed by atoms with van der Waals surface area (Å²) >= 11 is 6.19. The van der Waals surface area contributed by atoms with Crippen LogP contribution in [0.15, 0.2) is 12.1 Å². The van der Waals surface area contributed by atoms with Crippen molar-refractivity contribution in [1.29, 1.82) is 0 Å². The molecule has 0 radical (unpaired) electrons. The highest BCUT2D eigenvalue weighted by Crippen LogP contribution is 2.20. The van der Waals surface area contributed by atoms with Crippen molar-refractivity contribution in [3.05, 3.63) is 22.8 Å². The molecule has 1 aromatic heterocycles. The molecule has 0 atom stereocenters. The molecule has 1 aliphatic heterocycles. The minimum Gasteiger partial charge on any atom is -0.308 e. The predicted octanol–water partition coefficient (Wildman–Crippen LogP) is 1.79. The number of nitrogens with zero attached hydrogens (tertiary/aromatic N) is 3. The van der Waals surface area contributed by atoms with Crippen LogP contribution in [0.25, 0.3) is 0 Å². The van der Waals surface area contributed by atoms with Crippen LogP contribution in [0.1, 0.15) is 18.5 Å². The van der Waals surface area contributed by atoms with Gasteiger partial charge in [-0.1, -0.05) is 11.6 Å². The summed E-state index contributed by atoms with van der Waals surface area (Å²) in [5, 5.41) is 0.694. The Bertz CT molecular complexity index is 432. The van der Waals surface area contributed by atoms with Crippen LogP contribution in [0.5, 0.6) is 0 Å². The second-order valence-corrected chi connectivity index (χ2v) is 6.12. The molecule has 0 bridgehead atoms. The summed E-state index contributed by atoms with van der Waals surface area (Å²) in [5.41, 5.74) is 3.43. The maximum absolute atomic E-state index is 6.19. The molecule has 112 valence electrons. The molecule has 2 rings (SSSR count). The lowest BCUT2D eigenvalue weighted by atomic mass is 9.96. The van der Waals surface area contributed by atoms with E-state index in [9.17, 15) is 0 Å². The molecule has 1 aliphatic rings. The number of piperidine rings is 1. The van der Waals surface area contributed by atoms with Crippen molar-refractivity contribution in [3.63, 3.8) is 0 Å². The molecule has 0 saturated carbocycles. The fourth-order valence-corrected chi connectivity index (χ4v) is 2.85. The minimum absolute atomic E-state index is 0.650. The Kier molecular flexibility index (Phi) is 5.60. The van der Waals surface area contributed by atoms with E-state index in [0.717, 1.165) is 24.7 Å². The van der Waals surface area contributed by atoms with Gasteiger partial charge in [-0.25, -0.2) is 10.8 Å². The third-order valence-corrected chi connectivity index (χ3v) is 4.24. The van der Waals surface area contributed by atoms with Crippen LogP contribution < -0.4 is 11.3 Å². The van der Waals surface area contributed by atoms with Gasteiger partial charge in [-0.15, -0.1) is 0 Å². The first-order valence-corrected chi connectivity index (χ1v) is 7.45. The average molecular weight is 298 g/mol. The second-order valence-electron chi connectivity index (χ2n) is 5.71. The molecule has 0 spiro atoms. The normalized spacial score (nSPS) is 17.6. The van der Waals surface area contributed by atoms with Gasteiger partial charge in [-0.05, 0) is 58.1 Å². The van der Waals surface area contributed by atoms with Crippen LogP contribution in [-0.2, 0) is 6.54 Å². The third kappa shape index (κ3) is 4.31. The summed E-state index contributed by atoms with van der Waals surface area (Å²) in [6.07, 6.45) is 2.54. The van der Waals surface area contributed by atoms with E-state index in [0.29, 0.717) is 10.8 Å². The molecule has 1 fully saturated rings. The van der Waals surface area contributed by atoms with E-state index in [-0.39, 0.29) is 0 Å². The van der Waals surface area contributed by atoms with Crippen LogP contribution >= 0.6 is 11.6 Å². The number of hydrogen-bond donors (Lipinski definition) is 2. The summed E-state index contributed by atoms with van der Waals surface area (Å²) in [6, 6.07) is 3.62. The van der Waals surface area contributed by atoms with E-state index >= 15 is 0 Å². The maximum atomic E-state index is 6.19. The van der Waals surface area contributed by atoms with Crippen LogP contribution in [-0.4, -0.2) is 48.5 Å². The Morgan fingerprint density at radius 1 is 1.45 bits per heavy atom. The van der Waals surface area contributed by atoms with Crippen molar-refractivity contribution in [1.82, 2.24) is 14.8 Å². The maximum Gasteiger partial charge on any atom is 0.140 e. The highest BCUT2D eigenvalue weighted by molar-refractivity contribution is 6.31. The quantitative estimate of drug-likeness (QED) is 0.641. The summed E-state index contributed by atoms with van der Waals surface area (Å²) in [4.78, 5) is 9.11. The monoisotopic (exact) mass is 297 g/mol. The van der Waals surface area contributed by atoms with Gasteiger partial charge >= 0.3 is 0 Å². The minimum atomic E-state index is 0.650. The summed E-state index contributed by atoms with van der Waals surface area (Å²) in [7, 11) is 4.31. The molecular formula is C14H24ClN5. The molecule has 1 saturated heterocycles. The summed E-state index contributed by atoms with van der Waals surface area (Å²) < 4.78 is 0. The van der Waals surface area contributed by atoms with Crippen molar-refractivity contribution in [2.75, 3.05) is 39.2 Å². The summed E-state index contributed by atoms with van der Waals surface area (Å²) in [6.45, 7) is 4.24. The number of nitrogens with one attached hydrogen (secondary N) is 1. The third-order valence-electron chi connectivity index (χ3n) is 3.89. The van der Waals surface area contributed by atoms with Gasteiger partial charge in [0.2, 0.25) is 0 Å². The molecule has 0 aromatic carbocycles. The smallest absolute Gasteiger partial charge is 0.140 e. The zero-order chi connectivity index (χ0) is 14.5. The lowest BCUT2D eigenvalue weighted by Crippen LogP contribution is -2.35. The van der Waals surface area contributed by atoms with E-state index in [1.165, 1.54) is 25.9 Å². The largest absolute Gasteiger partial charge is 0.308 e. The topological polar surface area (TPSA) is 57.4 Å². The number of pyridine rings is 1. The van der Waals surface area contributed by atoms with Crippen LogP contribution in [0.2, 0.25) is 5.02 Å². The van der Waals surface area contributed by atoms with Gasteiger partial charge < -0.3 is 15.2 Å². The second kappa shape index (κ2) is 7.22. The fraction of sp³-hybridized carbons (Fsp3) is 0.643. The SMILES string of the molecule is CN1CCC(CN(C)Cc2nc(NN)ccc2Cl)CC1. The first-order chi connectivity index (χ1) is 9.58. The molecule has 20 heavy (non-hydrogen) atoms. The lowest BCUT2D eigenvalue weighted by Gasteiger charge is -2.31. The van der Waals surface area contributed by atoms with Crippen molar-refractivity contribution in [2.45, 2.75) is 19.4 Å². The molecule has 0 aliphatic carbocycles. The van der Waals surface area contributed by atoms with Gasteiger partial charge in [0.15, 0.2) is 0 Å². The summed E-state index contributed by atoms with van der Waals surface area (Å²) in [5.74, 6) is 6.81. The molecule has 3 N–H and O–H groups in total. The van der Waals surface area contributed by atoms with E-state index < -0.39 is 0 Å². The number of nitrogen functional groups attached to an aromatic ring is 1. The number of hydrazine groups is 1. The molecule has 6 heteroatoms. The zero-order valence-corrected chi connectivity index (χ0v) is 13.0. The lowest BCUT2D eigenvalue weighted by molar-refractivity contribution is 0.172. The van der Waals surface area contributed by atoms with Crippen LogP contribution in [0.4, 0.5) is 5.82 Å². The highest BCUT2D eigenvalue weighted by Gasteiger charge is 2.18. The van der Waals surface area contributed by atoms with Gasteiger partial charge in [-0.3, -0.25) is 0 Å². The molecule has 2 heterocycles. The zero-order valence-electron chi connectivity index (χ0n) is 12.3. The number of likely N-dealkylation sites (tertiary alicyclic amines) is 1. The Morgan fingerprint density at radius 3 is 2.80 bits per heavy atom. The van der Waals surface area contributed by atoms with Crippen molar-refractivity contribution in [2.24, 2.45) is 11.8 Å². The molecule has 0 unspecified atom stereocenters. The van der Waals surface area contributed by atoms with E-state index in [4.69, 9.17) is 17.4 Å². The molecular weight excluding hydrogens is 274 g/mol. The standard InChI is InChI=1S/C14H24ClN5/c1-19-7-5-11(6-8-19)9-20(2)10-13-12(15)3-4-14(17-13)18-16/h3-4,11H,5-10,16H2,1-2H3,(H,17,18). The number of nitrogens with two attached hydrogens (primary N) is 1. The van der Waals surface area contributed by atoms with Crippen molar-refractivity contribution >= 4 is 17.4 Å². The van der Waals surface area contributed by atoms with Crippen LogP contribution in [0, 0.1) is 5.92 Å². The Balaban J connectivity index is 1.89. The predicted molar refractivity (Wildman–Crippen MR) is 83.6 cm³/mol. The van der Waals surface area contributed by atoms with Crippen LogP contribution in [0.3, 0.4) is 0 Å². The number of aromatic nitrogens is 1. The number of rotatable bonds is 5.